The average molecular weight is 391 g/mol. The van der Waals surface area contributed by atoms with Crippen molar-refractivity contribution < 1.29 is 4.85 Å². The third-order valence-electron chi connectivity index (χ3n) is 4.73. The van der Waals surface area contributed by atoms with Crippen LogP contribution in [0.5, 0.6) is 0 Å². The molecule has 138 valence electrons. The Morgan fingerprint density at radius 2 is 1.96 bits per heavy atom. The highest BCUT2D eigenvalue weighted by Crippen LogP contribution is 2.26. The van der Waals surface area contributed by atoms with Gasteiger partial charge >= 0.3 is 11.6 Å². The summed E-state index contributed by atoms with van der Waals surface area (Å²) >= 11 is 6.23. The van der Waals surface area contributed by atoms with E-state index in [0.29, 0.717) is 21.2 Å². The zero-order valence-corrected chi connectivity index (χ0v) is 15.7. The molecule has 0 spiro atoms. The molecule has 5 aromatic rings. The molecule has 0 atom stereocenters. The number of hydrogen-bond donors (Lipinski definition) is 0. The maximum atomic E-state index is 12.6. The van der Waals surface area contributed by atoms with E-state index < -0.39 is 0 Å². The van der Waals surface area contributed by atoms with Crippen molar-refractivity contribution >= 4 is 28.3 Å². The fourth-order valence-corrected chi connectivity index (χ4v) is 3.55. The molecule has 2 aromatic carbocycles. The fourth-order valence-electron chi connectivity index (χ4n) is 3.33. The Kier molecular flexibility index (Phi) is 3.77. The number of aryl methyl sites for hydroxylation is 1. The molecule has 0 amide bonds. The first-order chi connectivity index (χ1) is 13.7. The van der Waals surface area contributed by atoms with Crippen LogP contribution in [0.2, 0.25) is 5.02 Å². The minimum absolute atomic E-state index is 0.218. The van der Waals surface area contributed by atoms with Crippen molar-refractivity contribution in [3.05, 3.63) is 71.2 Å². The van der Waals surface area contributed by atoms with Crippen LogP contribution < -0.4 is 4.85 Å². The van der Waals surface area contributed by atoms with Crippen LogP contribution in [0, 0.1) is 5.21 Å². The quantitative estimate of drug-likeness (QED) is 0.347. The van der Waals surface area contributed by atoms with E-state index in [1.165, 1.54) is 4.52 Å². The Hall–Kier alpha value is -3.45. The molecule has 0 saturated carbocycles. The van der Waals surface area contributed by atoms with Crippen LogP contribution in [0.1, 0.15) is 6.92 Å². The molecule has 28 heavy (non-hydrogen) atoms. The van der Waals surface area contributed by atoms with Gasteiger partial charge in [-0.1, -0.05) is 29.8 Å². The van der Waals surface area contributed by atoms with Crippen molar-refractivity contribution in [2.75, 3.05) is 0 Å². The summed E-state index contributed by atoms with van der Waals surface area (Å²) < 4.78 is 3.30. The summed E-state index contributed by atoms with van der Waals surface area (Å²) in [6.07, 6.45) is 3.51. The van der Waals surface area contributed by atoms with Crippen LogP contribution in [-0.4, -0.2) is 24.3 Å². The van der Waals surface area contributed by atoms with Crippen LogP contribution in [0.4, 0.5) is 0 Å². The van der Waals surface area contributed by atoms with Crippen LogP contribution in [-0.2, 0) is 6.54 Å². The first-order valence-electron chi connectivity index (χ1n) is 8.85. The van der Waals surface area contributed by atoms with E-state index in [1.807, 2.05) is 41.2 Å². The first-order valence-corrected chi connectivity index (χ1v) is 9.23. The van der Waals surface area contributed by atoms with Gasteiger partial charge in [0.2, 0.25) is 0 Å². The molecular weight excluding hydrogens is 376 g/mol. The predicted molar refractivity (Wildman–Crippen MR) is 107 cm³/mol. The largest absolute Gasteiger partial charge is 0.692 e. The number of halogens is 1. The zero-order valence-electron chi connectivity index (χ0n) is 15.0. The van der Waals surface area contributed by atoms with Crippen LogP contribution in [0.3, 0.4) is 0 Å². The molecular formula is C20H15ClN6O. The highest BCUT2D eigenvalue weighted by atomic mass is 35.5. The van der Waals surface area contributed by atoms with Gasteiger partial charge in [-0.25, -0.2) is 0 Å². The van der Waals surface area contributed by atoms with Crippen molar-refractivity contribution in [2.45, 2.75) is 13.5 Å². The molecule has 3 heterocycles. The molecule has 0 aliphatic carbocycles. The molecule has 5 rings (SSSR count). The highest BCUT2D eigenvalue weighted by molar-refractivity contribution is 6.33. The summed E-state index contributed by atoms with van der Waals surface area (Å²) in [6.45, 7) is 2.87. The van der Waals surface area contributed by atoms with Gasteiger partial charge in [0.05, 0.1) is 34.2 Å². The molecule has 0 unspecified atom stereocenters. The van der Waals surface area contributed by atoms with Gasteiger partial charge < -0.3 is 5.21 Å². The summed E-state index contributed by atoms with van der Waals surface area (Å²) in [6, 6.07) is 15.0. The van der Waals surface area contributed by atoms with Gasteiger partial charge in [-0.15, -0.1) is 9.36 Å². The van der Waals surface area contributed by atoms with E-state index in [1.54, 1.807) is 24.4 Å². The first kappa shape index (κ1) is 16.7. The third-order valence-corrected chi connectivity index (χ3v) is 5.06. The molecule has 3 aromatic heterocycles. The maximum Gasteiger partial charge on any atom is 0.382 e. The van der Waals surface area contributed by atoms with Crippen molar-refractivity contribution in [2.24, 2.45) is 0 Å². The van der Waals surface area contributed by atoms with E-state index in [9.17, 15) is 5.21 Å². The van der Waals surface area contributed by atoms with Crippen molar-refractivity contribution in [1.82, 2.24) is 24.3 Å². The Labute approximate surface area is 165 Å². The summed E-state index contributed by atoms with van der Waals surface area (Å²) in [7, 11) is 0. The minimum atomic E-state index is 0.218. The van der Waals surface area contributed by atoms with Gasteiger partial charge in [0.1, 0.15) is 0 Å². The van der Waals surface area contributed by atoms with Gasteiger partial charge in [0.25, 0.3) is 0 Å². The lowest BCUT2D eigenvalue weighted by molar-refractivity contribution is -0.667. The molecule has 0 fully saturated rings. The van der Waals surface area contributed by atoms with E-state index in [4.69, 9.17) is 11.6 Å². The Bertz CT molecular complexity index is 1340. The van der Waals surface area contributed by atoms with E-state index in [2.05, 4.69) is 22.0 Å². The lowest BCUT2D eigenvalue weighted by Gasteiger charge is -2.04. The molecule has 0 saturated heterocycles. The molecule has 8 heteroatoms. The van der Waals surface area contributed by atoms with E-state index in [0.717, 1.165) is 28.7 Å². The van der Waals surface area contributed by atoms with E-state index >= 15 is 0 Å². The van der Waals surface area contributed by atoms with Crippen molar-refractivity contribution in [3.8, 4) is 22.6 Å². The molecule has 7 nitrogen and oxygen atoms in total. The second kappa shape index (κ2) is 6.31. The SMILES string of the molecule is CCn1ncc2cc(-c3ccn4c(n3)nc(-c3ccccc3Cl)[n+]4[O-])ccc21. The summed E-state index contributed by atoms with van der Waals surface area (Å²) in [5.41, 5.74) is 3.31. The number of fused-ring (bicyclic) bond motifs is 2. The molecule has 0 N–H and O–H groups in total. The number of benzene rings is 2. The van der Waals surface area contributed by atoms with Gasteiger partial charge in [0.15, 0.2) is 0 Å². The molecule has 0 aliphatic rings. The number of rotatable bonds is 3. The van der Waals surface area contributed by atoms with Gasteiger partial charge in [0, 0.05) is 22.5 Å². The monoisotopic (exact) mass is 390 g/mol. The lowest BCUT2D eigenvalue weighted by Crippen LogP contribution is -2.34. The standard InChI is InChI=1S/C20H15ClN6O/c1-2-25-18-8-7-13(11-14(18)12-22-25)17-9-10-26-20(23-17)24-19(27(26)28)15-5-3-4-6-16(15)21/h3-12H,2H2,1H3. The Morgan fingerprint density at radius 1 is 1.11 bits per heavy atom. The zero-order chi connectivity index (χ0) is 19.3. The number of nitrogens with zero attached hydrogens (tertiary/aromatic N) is 6. The Morgan fingerprint density at radius 3 is 2.79 bits per heavy atom. The van der Waals surface area contributed by atoms with Crippen LogP contribution in [0.25, 0.3) is 39.3 Å². The smallest absolute Gasteiger partial charge is 0.382 e. The normalized spacial score (nSPS) is 11.5. The van der Waals surface area contributed by atoms with Crippen molar-refractivity contribution in [3.63, 3.8) is 0 Å². The van der Waals surface area contributed by atoms with Gasteiger partial charge in [-0.2, -0.15) is 10.1 Å². The summed E-state index contributed by atoms with van der Waals surface area (Å²) in [5, 5.41) is 18.5. The molecule has 0 aliphatic heterocycles. The van der Waals surface area contributed by atoms with Crippen LogP contribution >= 0.6 is 11.6 Å². The average Bonchev–Trinajstić information content (AvgIpc) is 3.28. The second-order valence-corrected chi connectivity index (χ2v) is 6.79. The Balaban J connectivity index is 1.63. The summed E-state index contributed by atoms with van der Waals surface area (Å²) in [4.78, 5) is 9.68. The van der Waals surface area contributed by atoms with Gasteiger partial charge in [-0.3, -0.25) is 4.68 Å². The predicted octanol–water partition coefficient (Wildman–Crippen LogP) is 3.72. The van der Waals surface area contributed by atoms with E-state index in [-0.39, 0.29) is 5.82 Å². The second-order valence-electron chi connectivity index (χ2n) is 6.38. The van der Waals surface area contributed by atoms with Crippen molar-refractivity contribution in [1.29, 1.82) is 0 Å². The highest BCUT2D eigenvalue weighted by Gasteiger charge is 2.22. The number of hydrogen-bond acceptors (Lipinski definition) is 4. The minimum Gasteiger partial charge on any atom is -0.692 e. The summed E-state index contributed by atoms with van der Waals surface area (Å²) in [5.74, 6) is 0.529. The lowest BCUT2D eigenvalue weighted by atomic mass is 10.1. The fraction of sp³-hybridized carbons (Fsp3) is 0.100. The van der Waals surface area contributed by atoms with Gasteiger partial charge in [-0.05, 0) is 37.3 Å². The third kappa shape index (κ3) is 2.51. The maximum absolute atomic E-state index is 12.6. The topological polar surface area (TPSA) is 75.0 Å². The number of aromatic nitrogens is 6. The molecule has 0 bridgehead atoms. The van der Waals surface area contributed by atoms with Crippen LogP contribution in [0.15, 0.2) is 60.9 Å². The molecule has 0 radical (unpaired) electrons.